The Morgan fingerprint density at radius 1 is 0.703 bits per heavy atom. The third-order valence-electron chi connectivity index (χ3n) is 5.18. The maximum Gasteiger partial charge on any atom is 0.246 e. The van der Waals surface area contributed by atoms with Crippen molar-refractivity contribution in [2.45, 2.75) is 13.0 Å². The van der Waals surface area contributed by atoms with E-state index < -0.39 is 6.04 Å². The Hall–Kier alpha value is -4.93. The van der Waals surface area contributed by atoms with Gasteiger partial charge in [-0.2, -0.15) is 15.0 Å². The highest BCUT2D eigenvalue weighted by atomic mass is 19.1. The van der Waals surface area contributed by atoms with E-state index in [1.807, 2.05) is 24.3 Å². The van der Waals surface area contributed by atoms with Crippen LogP contribution in [0.2, 0.25) is 0 Å². The lowest BCUT2D eigenvalue weighted by Gasteiger charge is -2.16. The number of rotatable bonds is 10. The van der Waals surface area contributed by atoms with Crippen molar-refractivity contribution in [2.24, 2.45) is 0 Å². The molecule has 0 spiro atoms. The molecule has 0 aliphatic carbocycles. The topological polar surface area (TPSA) is 122 Å². The van der Waals surface area contributed by atoms with Gasteiger partial charge in [-0.25, -0.2) is 4.39 Å². The number of nitrogens with zero attached hydrogens (tertiary/aromatic N) is 3. The number of hydrogen-bond donors (Lipinski definition) is 4. The van der Waals surface area contributed by atoms with Crippen molar-refractivity contribution in [1.29, 1.82) is 0 Å². The van der Waals surface area contributed by atoms with E-state index in [1.54, 1.807) is 45.4 Å². The number of nitrogens with one attached hydrogen (secondary N) is 4. The molecule has 0 aliphatic rings. The summed E-state index contributed by atoms with van der Waals surface area (Å²) in [5.74, 6) is 1.38. The number of ether oxygens (including phenoxy) is 2. The van der Waals surface area contributed by atoms with Gasteiger partial charge in [0.15, 0.2) is 0 Å². The molecule has 11 heteroatoms. The molecule has 4 N–H and O–H groups in total. The average Bonchev–Trinajstić information content (AvgIpc) is 2.90. The molecule has 10 nitrogen and oxygen atoms in total. The summed E-state index contributed by atoms with van der Waals surface area (Å²) in [4.78, 5) is 26.0. The third-order valence-corrected chi connectivity index (χ3v) is 5.18. The van der Waals surface area contributed by atoms with Gasteiger partial charge < -0.3 is 30.7 Å². The fourth-order valence-corrected chi connectivity index (χ4v) is 3.20. The lowest BCUT2D eigenvalue weighted by Crippen LogP contribution is -2.32. The largest absolute Gasteiger partial charge is 0.497 e. The number of aromatic nitrogens is 3. The van der Waals surface area contributed by atoms with Gasteiger partial charge in [-0.05, 0) is 79.7 Å². The summed E-state index contributed by atoms with van der Waals surface area (Å²) in [6.45, 7) is 1.66. The predicted octanol–water partition coefficient (Wildman–Crippen LogP) is 4.95. The number of hydrogen-bond acceptors (Lipinski definition) is 9. The zero-order chi connectivity index (χ0) is 26.2. The Labute approximate surface area is 213 Å². The van der Waals surface area contributed by atoms with E-state index in [-0.39, 0.29) is 29.6 Å². The molecule has 37 heavy (non-hydrogen) atoms. The number of benzene rings is 3. The summed E-state index contributed by atoms with van der Waals surface area (Å²) in [6.07, 6.45) is 0. The van der Waals surface area contributed by atoms with Crippen LogP contribution in [0.1, 0.15) is 6.92 Å². The first-order chi connectivity index (χ1) is 17.9. The summed E-state index contributed by atoms with van der Waals surface area (Å²) in [5, 5.41) is 12.0. The number of carbonyl (C=O) groups excluding carboxylic acids is 1. The van der Waals surface area contributed by atoms with E-state index in [2.05, 4.69) is 36.2 Å². The zero-order valence-corrected chi connectivity index (χ0v) is 20.4. The van der Waals surface area contributed by atoms with Gasteiger partial charge >= 0.3 is 0 Å². The van der Waals surface area contributed by atoms with Crippen molar-refractivity contribution in [3.05, 3.63) is 78.6 Å². The van der Waals surface area contributed by atoms with Crippen LogP contribution >= 0.6 is 0 Å². The molecule has 0 aliphatic heterocycles. The van der Waals surface area contributed by atoms with Crippen LogP contribution in [-0.4, -0.2) is 41.1 Å². The maximum absolute atomic E-state index is 13.2. The van der Waals surface area contributed by atoms with E-state index >= 15 is 0 Å². The second-order valence-corrected chi connectivity index (χ2v) is 7.88. The van der Waals surface area contributed by atoms with Crippen molar-refractivity contribution >= 4 is 40.8 Å². The van der Waals surface area contributed by atoms with Crippen LogP contribution in [0.5, 0.6) is 11.5 Å². The summed E-state index contributed by atoms with van der Waals surface area (Å²) in [6, 6.07) is 19.3. The monoisotopic (exact) mass is 503 g/mol. The Morgan fingerprint density at radius 2 is 1.14 bits per heavy atom. The highest BCUT2D eigenvalue weighted by Gasteiger charge is 2.16. The minimum atomic E-state index is -0.713. The lowest BCUT2D eigenvalue weighted by molar-refractivity contribution is -0.116. The van der Waals surface area contributed by atoms with Crippen LogP contribution in [0.25, 0.3) is 0 Å². The normalized spacial score (nSPS) is 11.2. The van der Waals surface area contributed by atoms with Gasteiger partial charge in [0.2, 0.25) is 23.8 Å². The molecule has 0 fully saturated rings. The summed E-state index contributed by atoms with van der Waals surface area (Å²) in [7, 11) is 3.19. The second-order valence-electron chi connectivity index (χ2n) is 7.88. The number of halogens is 1. The molecule has 0 saturated heterocycles. The fourth-order valence-electron chi connectivity index (χ4n) is 3.20. The quantitative estimate of drug-likeness (QED) is 0.238. The minimum absolute atomic E-state index is 0.170. The van der Waals surface area contributed by atoms with E-state index in [1.165, 1.54) is 24.3 Å². The van der Waals surface area contributed by atoms with Crippen LogP contribution < -0.4 is 30.7 Å². The molecule has 0 bridgehead atoms. The molecule has 0 radical (unpaired) electrons. The first kappa shape index (κ1) is 25.2. The summed E-state index contributed by atoms with van der Waals surface area (Å²) >= 11 is 0. The summed E-state index contributed by atoms with van der Waals surface area (Å²) < 4.78 is 23.6. The third kappa shape index (κ3) is 7.04. The van der Waals surface area contributed by atoms with Crippen molar-refractivity contribution in [2.75, 3.05) is 35.5 Å². The van der Waals surface area contributed by atoms with Gasteiger partial charge in [0.05, 0.1) is 14.2 Å². The molecular weight excluding hydrogens is 477 g/mol. The van der Waals surface area contributed by atoms with Crippen LogP contribution in [0.15, 0.2) is 72.8 Å². The molecule has 1 atom stereocenters. The first-order valence-electron chi connectivity index (χ1n) is 11.3. The molecule has 0 saturated carbocycles. The van der Waals surface area contributed by atoms with Crippen molar-refractivity contribution in [3.63, 3.8) is 0 Å². The van der Waals surface area contributed by atoms with Crippen LogP contribution in [0.3, 0.4) is 0 Å². The van der Waals surface area contributed by atoms with E-state index in [4.69, 9.17) is 9.47 Å². The standard InChI is InChI=1S/C26H26FN7O3/c1-16(23(35)29-18-6-4-17(27)5-7-18)28-24-32-25(30-19-8-12-21(36-2)13-9-19)34-26(33-24)31-20-10-14-22(37-3)15-11-20/h4-16H,1-3H3,(H,29,35)(H3,28,30,31,32,33,34)/t16-/m0/s1. The molecule has 190 valence electrons. The molecular formula is C26H26FN7O3. The molecule has 1 aromatic heterocycles. The maximum atomic E-state index is 13.2. The van der Waals surface area contributed by atoms with E-state index in [0.29, 0.717) is 17.2 Å². The first-order valence-corrected chi connectivity index (χ1v) is 11.3. The highest BCUT2D eigenvalue weighted by Crippen LogP contribution is 2.22. The van der Waals surface area contributed by atoms with Gasteiger partial charge in [0.25, 0.3) is 0 Å². The molecule has 1 amide bonds. The number of methoxy groups -OCH3 is 2. The molecule has 4 aromatic rings. The van der Waals surface area contributed by atoms with Crippen LogP contribution in [0.4, 0.5) is 39.3 Å². The lowest BCUT2D eigenvalue weighted by atomic mass is 10.2. The average molecular weight is 504 g/mol. The summed E-state index contributed by atoms with van der Waals surface area (Å²) in [5.41, 5.74) is 1.94. The highest BCUT2D eigenvalue weighted by molar-refractivity contribution is 5.96. The van der Waals surface area contributed by atoms with Gasteiger partial charge in [-0.15, -0.1) is 0 Å². The Bertz CT molecular complexity index is 1270. The van der Waals surface area contributed by atoms with Gasteiger partial charge in [-0.3, -0.25) is 4.79 Å². The molecule has 3 aromatic carbocycles. The molecule has 0 unspecified atom stereocenters. The Kier molecular flexibility index (Phi) is 7.94. The van der Waals surface area contributed by atoms with Crippen LogP contribution in [-0.2, 0) is 4.79 Å². The zero-order valence-electron chi connectivity index (χ0n) is 20.4. The number of amides is 1. The van der Waals surface area contributed by atoms with Crippen molar-refractivity contribution in [3.8, 4) is 11.5 Å². The van der Waals surface area contributed by atoms with Gasteiger partial charge in [-0.1, -0.05) is 0 Å². The SMILES string of the molecule is COc1ccc(Nc2nc(Nc3ccc(OC)cc3)nc(N[C@@H](C)C(=O)Nc3ccc(F)cc3)n2)cc1. The van der Waals surface area contributed by atoms with Crippen molar-refractivity contribution in [1.82, 2.24) is 15.0 Å². The molecule has 1 heterocycles. The van der Waals surface area contributed by atoms with E-state index in [9.17, 15) is 9.18 Å². The second kappa shape index (κ2) is 11.7. The molecule has 4 rings (SSSR count). The van der Waals surface area contributed by atoms with Gasteiger partial charge in [0.1, 0.15) is 23.4 Å². The Morgan fingerprint density at radius 3 is 1.59 bits per heavy atom. The van der Waals surface area contributed by atoms with E-state index in [0.717, 1.165) is 11.4 Å². The van der Waals surface area contributed by atoms with Gasteiger partial charge in [0, 0.05) is 17.1 Å². The number of carbonyl (C=O) groups is 1. The van der Waals surface area contributed by atoms with Crippen LogP contribution in [0, 0.1) is 5.82 Å². The number of anilines is 6. The van der Waals surface area contributed by atoms with Crippen molar-refractivity contribution < 1.29 is 18.7 Å². The predicted molar refractivity (Wildman–Crippen MR) is 140 cm³/mol. The minimum Gasteiger partial charge on any atom is -0.497 e. The Balaban J connectivity index is 1.54. The fraction of sp³-hybridized carbons (Fsp3) is 0.154. The smallest absolute Gasteiger partial charge is 0.246 e.